The first-order valence-corrected chi connectivity index (χ1v) is 17.8. The normalized spacial score (nSPS) is 19.3. The lowest BCUT2D eigenvalue weighted by molar-refractivity contribution is 0.609. The molecular formula is C47H38N4. The highest BCUT2D eigenvalue weighted by molar-refractivity contribution is 5.93. The first-order chi connectivity index (χ1) is 25.2. The van der Waals surface area contributed by atoms with Crippen LogP contribution >= 0.6 is 0 Å². The van der Waals surface area contributed by atoms with Gasteiger partial charge in [0.1, 0.15) is 0 Å². The fraction of sp³-hybridized carbons (Fsp3) is 0.128. The Balaban J connectivity index is 1.34. The highest BCUT2D eigenvalue weighted by Crippen LogP contribution is 2.60. The van der Waals surface area contributed by atoms with Crippen molar-refractivity contribution in [2.24, 2.45) is 11.7 Å². The predicted molar refractivity (Wildman–Crippen MR) is 210 cm³/mol. The summed E-state index contributed by atoms with van der Waals surface area (Å²) in [6.45, 7) is 3.89. The average Bonchev–Trinajstić information content (AvgIpc) is 3.21. The van der Waals surface area contributed by atoms with E-state index in [1.807, 2.05) is 67.5 Å². The summed E-state index contributed by atoms with van der Waals surface area (Å²) in [5, 5.41) is 0. The van der Waals surface area contributed by atoms with Crippen LogP contribution < -0.4 is 5.73 Å². The van der Waals surface area contributed by atoms with Gasteiger partial charge in [-0.05, 0) is 145 Å². The van der Waals surface area contributed by atoms with E-state index in [9.17, 15) is 0 Å². The quantitative estimate of drug-likeness (QED) is 0.184. The molecule has 0 spiro atoms. The van der Waals surface area contributed by atoms with Crippen LogP contribution in [0.4, 0.5) is 0 Å². The van der Waals surface area contributed by atoms with Crippen molar-refractivity contribution >= 4 is 27.9 Å². The Labute approximate surface area is 299 Å². The molecule has 5 aromatic rings. The highest BCUT2D eigenvalue weighted by atomic mass is 14.6. The Bertz CT molecular complexity index is 2370. The third kappa shape index (κ3) is 5.35. The van der Waals surface area contributed by atoms with E-state index in [1.54, 1.807) is 12.3 Å². The van der Waals surface area contributed by atoms with Crippen molar-refractivity contribution in [1.82, 2.24) is 15.0 Å². The minimum Gasteiger partial charge on any atom is -0.404 e. The molecule has 0 amide bonds. The van der Waals surface area contributed by atoms with Crippen LogP contribution in [0, 0.1) is 5.92 Å². The molecule has 2 N–H and O–H groups in total. The molecule has 246 valence electrons. The summed E-state index contributed by atoms with van der Waals surface area (Å²) in [5.41, 5.74) is 27.0. The van der Waals surface area contributed by atoms with Crippen LogP contribution in [-0.2, 0) is 0 Å². The van der Waals surface area contributed by atoms with Crippen LogP contribution in [0.1, 0.15) is 70.5 Å². The van der Waals surface area contributed by atoms with E-state index >= 15 is 0 Å². The third-order valence-electron chi connectivity index (χ3n) is 11.1. The summed E-state index contributed by atoms with van der Waals surface area (Å²) in [7, 11) is 0. The predicted octanol–water partition coefficient (Wildman–Crippen LogP) is 10.6. The second kappa shape index (κ2) is 13.0. The van der Waals surface area contributed by atoms with Crippen molar-refractivity contribution in [3.8, 4) is 11.1 Å². The van der Waals surface area contributed by atoms with Gasteiger partial charge >= 0.3 is 0 Å². The van der Waals surface area contributed by atoms with Gasteiger partial charge in [0, 0.05) is 55.2 Å². The molecule has 4 aliphatic rings. The van der Waals surface area contributed by atoms with E-state index in [2.05, 4.69) is 88.3 Å². The minimum atomic E-state index is 0.0977. The fourth-order valence-electron chi connectivity index (χ4n) is 8.75. The van der Waals surface area contributed by atoms with E-state index in [-0.39, 0.29) is 11.8 Å². The van der Waals surface area contributed by atoms with Gasteiger partial charge in [-0.2, -0.15) is 0 Å². The molecule has 3 heterocycles. The maximum atomic E-state index is 6.25. The van der Waals surface area contributed by atoms with E-state index in [1.165, 1.54) is 72.4 Å². The van der Waals surface area contributed by atoms with Gasteiger partial charge < -0.3 is 5.73 Å². The SMILES string of the molecule is C=C/C=C\C(=C/N)c1ccc2c(c1)C1c3cc(-c4cccnc4)ccc3C3=C(C=C(c4cccnc4)CC3)C1C1=C2CCC(c2cccnc2)=C1. The summed E-state index contributed by atoms with van der Waals surface area (Å²) >= 11 is 0. The number of nitrogens with two attached hydrogens (primary N) is 1. The van der Waals surface area contributed by atoms with Crippen molar-refractivity contribution in [3.63, 3.8) is 0 Å². The Hall–Kier alpha value is -6.13. The molecule has 2 atom stereocenters. The largest absolute Gasteiger partial charge is 0.404 e. The summed E-state index contributed by atoms with van der Waals surface area (Å²) in [6, 6.07) is 26.8. The number of nitrogens with zero attached hydrogens (tertiary/aromatic N) is 3. The highest BCUT2D eigenvalue weighted by Gasteiger charge is 2.44. The van der Waals surface area contributed by atoms with Crippen molar-refractivity contribution in [2.45, 2.75) is 31.6 Å². The number of pyridine rings is 3. The van der Waals surface area contributed by atoms with Gasteiger partial charge in [-0.3, -0.25) is 15.0 Å². The topological polar surface area (TPSA) is 64.7 Å². The van der Waals surface area contributed by atoms with Gasteiger partial charge in [-0.25, -0.2) is 0 Å². The van der Waals surface area contributed by atoms with Gasteiger partial charge in [0.05, 0.1) is 0 Å². The standard InChI is InChI=1S/C47H38N4/c1-2-3-7-34(26-48)30-11-15-38-39-16-12-32(36-9-5-20-50-28-36)24-44(39)47-45-25-33(37-10-6-21-51-29-37)14-18-41(45)40-17-13-31(35-8-4-19-49-27-35)23-43(40)46(47)42(38)22-30/h2-11,13,15,17,19-29,46-47H,1,12,14,16,18,48H2/b7-3-,34-26+. The summed E-state index contributed by atoms with van der Waals surface area (Å²) in [4.78, 5) is 13.5. The Morgan fingerprint density at radius 1 is 0.627 bits per heavy atom. The van der Waals surface area contributed by atoms with E-state index in [0.717, 1.165) is 42.4 Å². The van der Waals surface area contributed by atoms with Gasteiger partial charge in [0.25, 0.3) is 0 Å². The number of rotatable bonds is 6. The molecule has 0 saturated heterocycles. The monoisotopic (exact) mass is 658 g/mol. The van der Waals surface area contributed by atoms with Gasteiger partial charge in [-0.1, -0.05) is 79.4 Å². The molecular weight excluding hydrogens is 621 g/mol. The van der Waals surface area contributed by atoms with Gasteiger partial charge in [0.2, 0.25) is 0 Å². The van der Waals surface area contributed by atoms with Crippen LogP contribution in [0.2, 0.25) is 0 Å². The first kappa shape index (κ1) is 30.9. The van der Waals surface area contributed by atoms with E-state index in [4.69, 9.17) is 5.73 Å². The van der Waals surface area contributed by atoms with Crippen LogP contribution in [0.15, 0.2) is 164 Å². The van der Waals surface area contributed by atoms with Crippen LogP contribution in [0.25, 0.3) is 39.0 Å². The number of aromatic nitrogens is 3. The zero-order chi connectivity index (χ0) is 34.3. The Morgan fingerprint density at radius 3 is 1.75 bits per heavy atom. The van der Waals surface area contributed by atoms with Crippen molar-refractivity contribution < 1.29 is 0 Å². The second-order valence-corrected chi connectivity index (χ2v) is 13.7. The lowest BCUT2D eigenvalue weighted by Crippen LogP contribution is -2.30. The first-order valence-electron chi connectivity index (χ1n) is 17.8. The molecule has 4 aliphatic carbocycles. The maximum Gasteiger partial charge on any atom is 0.0346 e. The molecule has 4 heteroatoms. The molecule has 2 aromatic carbocycles. The van der Waals surface area contributed by atoms with Crippen LogP contribution in [0.5, 0.6) is 0 Å². The van der Waals surface area contributed by atoms with E-state index in [0.29, 0.717) is 0 Å². The molecule has 0 fully saturated rings. The average molecular weight is 659 g/mol. The molecule has 2 unspecified atom stereocenters. The lowest BCUT2D eigenvalue weighted by atomic mass is 9.58. The van der Waals surface area contributed by atoms with E-state index < -0.39 is 0 Å². The molecule has 0 aliphatic heterocycles. The molecule has 0 saturated carbocycles. The van der Waals surface area contributed by atoms with Gasteiger partial charge in [-0.15, -0.1) is 0 Å². The second-order valence-electron chi connectivity index (χ2n) is 13.7. The number of hydrogen-bond donors (Lipinski definition) is 1. The summed E-state index contributed by atoms with van der Waals surface area (Å²) in [6.07, 6.45) is 28.0. The molecule has 9 rings (SSSR count). The lowest BCUT2D eigenvalue weighted by Gasteiger charge is -2.45. The van der Waals surface area contributed by atoms with Crippen molar-refractivity contribution in [2.75, 3.05) is 0 Å². The molecule has 51 heavy (non-hydrogen) atoms. The zero-order valence-corrected chi connectivity index (χ0v) is 28.5. The zero-order valence-electron chi connectivity index (χ0n) is 28.5. The molecule has 3 aromatic heterocycles. The van der Waals surface area contributed by atoms with Crippen molar-refractivity contribution in [1.29, 1.82) is 0 Å². The summed E-state index contributed by atoms with van der Waals surface area (Å²) in [5.74, 6) is 0.239. The Kier molecular flexibility index (Phi) is 7.85. The minimum absolute atomic E-state index is 0.0977. The molecule has 0 radical (unpaired) electrons. The number of fused-ring (bicyclic) bond motifs is 9. The third-order valence-corrected chi connectivity index (χ3v) is 11.1. The number of benzene rings is 2. The van der Waals surface area contributed by atoms with Crippen molar-refractivity contribution in [3.05, 3.63) is 203 Å². The smallest absolute Gasteiger partial charge is 0.0346 e. The molecule has 0 bridgehead atoms. The molecule has 4 nitrogen and oxygen atoms in total. The number of allylic oxidation sites excluding steroid dienone is 12. The number of hydrogen-bond acceptors (Lipinski definition) is 4. The fourth-order valence-corrected chi connectivity index (χ4v) is 8.75. The Morgan fingerprint density at radius 2 is 1.20 bits per heavy atom. The summed E-state index contributed by atoms with van der Waals surface area (Å²) < 4.78 is 0. The van der Waals surface area contributed by atoms with Gasteiger partial charge in [0.15, 0.2) is 0 Å². The maximum absolute atomic E-state index is 6.25. The van der Waals surface area contributed by atoms with Crippen LogP contribution in [0.3, 0.4) is 0 Å². The van der Waals surface area contributed by atoms with Crippen LogP contribution in [-0.4, -0.2) is 15.0 Å².